The second-order valence-corrected chi connectivity index (χ2v) is 7.67. The lowest BCUT2D eigenvalue weighted by molar-refractivity contribution is -0.137. The van der Waals surface area contributed by atoms with E-state index in [-0.39, 0.29) is 22.8 Å². The van der Waals surface area contributed by atoms with Gasteiger partial charge in [0.1, 0.15) is 4.21 Å². The first-order valence-electron chi connectivity index (χ1n) is 4.12. The molecule has 84 valence electrons. The van der Waals surface area contributed by atoms with E-state index in [1.807, 2.05) is 0 Å². The zero-order valence-electron chi connectivity index (χ0n) is 7.64. The minimum absolute atomic E-state index is 0.119. The van der Waals surface area contributed by atoms with Gasteiger partial charge in [-0.2, -0.15) is 0 Å². The highest BCUT2D eigenvalue weighted by Crippen LogP contribution is 2.27. The van der Waals surface area contributed by atoms with Crippen molar-refractivity contribution in [2.24, 2.45) is 0 Å². The van der Waals surface area contributed by atoms with E-state index in [9.17, 15) is 13.2 Å². The van der Waals surface area contributed by atoms with Crippen molar-refractivity contribution in [1.29, 1.82) is 0 Å². The molecule has 0 aliphatic carbocycles. The molecule has 0 spiro atoms. The molecule has 1 aromatic heterocycles. The standard InChI is InChI=1S/C8H9BrO4S2/c9-6-3-4-8(14-6)15(12,13)5-1-2-7(10)11/h3-4H,1-2,5H2,(H,10,11). The third kappa shape index (κ3) is 3.92. The van der Waals surface area contributed by atoms with Crippen molar-refractivity contribution in [2.75, 3.05) is 5.75 Å². The van der Waals surface area contributed by atoms with Crippen LogP contribution in [0.15, 0.2) is 20.1 Å². The highest BCUT2D eigenvalue weighted by atomic mass is 79.9. The van der Waals surface area contributed by atoms with Crippen LogP contribution in [0.2, 0.25) is 0 Å². The summed E-state index contributed by atoms with van der Waals surface area (Å²) >= 11 is 4.31. The Kier molecular flexibility index (Phi) is 4.30. The molecule has 1 heterocycles. The average molecular weight is 313 g/mol. The summed E-state index contributed by atoms with van der Waals surface area (Å²) in [5.74, 6) is -1.09. The minimum Gasteiger partial charge on any atom is -0.481 e. The lowest BCUT2D eigenvalue weighted by Crippen LogP contribution is -2.07. The summed E-state index contributed by atoms with van der Waals surface area (Å²) in [6.07, 6.45) is 0.0267. The monoisotopic (exact) mass is 312 g/mol. The number of hydrogen-bond donors (Lipinski definition) is 1. The molecule has 0 saturated heterocycles. The van der Waals surface area contributed by atoms with Gasteiger partial charge in [-0.05, 0) is 34.5 Å². The van der Waals surface area contributed by atoms with E-state index < -0.39 is 15.8 Å². The fourth-order valence-corrected chi connectivity index (χ4v) is 4.45. The number of sulfone groups is 1. The van der Waals surface area contributed by atoms with Gasteiger partial charge in [-0.25, -0.2) is 8.42 Å². The van der Waals surface area contributed by atoms with Gasteiger partial charge in [-0.1, -0.05) is 0 Å². The van der Waals surface area contributed by atoms with Crippen LogP contribution in [0.3, 0.4) is 0 Å². The fraction of sp³-hybridized carbons (Fsp3) is 0.375. The first-order chi connectivity index (χ1) is 6.92. The highest BCUT2D eigenvalue weighted by molar-refractivity contribution is 9.11. The van der Waals surface area contributed by atoms with Crippen molar-refractivity contribution in [3.63, 3.8) is 0 Å². The quantitative estimate of drug-likeness (QED) is 0.904. The lowest BCUT2D eigenvalue weighted by Gasteiger charge is -1.99. The van der Waals surface area contributed by atoms with Crippen molar-refractivity contribution in [1.82, 2.24) is 0 Å². The number of thiophene rings is 1. The van der Waals surface area contributed by atoms with E-state index in [2.05, 4.69) is 15.9 Å². The summed E-state index contributed by atoms with van der Waals surface area (Å²) in [4.78, 5) is 10.2. The minimum atomic E-state index is -3.31. The highest BCUT2D eigenvalue weighted by Gasteiger charge is 2.16. The Morgan fingerprint density at radius 2 is 2.13 bits per heavy atom. The Hall–Kier alpha value is -0.400. The van der Waals surface area contributed by atoms with Crippen LogP contribution in [0.1, 0.15) is 12.8 Å². The maximum absolute atomic E-state index is 11.6. The molecule has 0 radical (unpaired) electrons. The number of carbonyl (C=O) groups is 1. The maximum Gasteiger partial charge on any atom is 0.303 e. The Balaban J connectivity index is 2.64. The van der Waals surface area contributed by atoms with Crippen molar-refractivity contribution < 1.29 is 18.3 Å². The third-order valence-corrected chi connectivity index (χ3v) is 5.66. The zero-order valence-corrected chi connectivity index (χ0v) is 10.9. The summed E-state index contributed by atoms with van der Waals surface area (Å²) in [5.41, 5.74) is 0. The number of carboxylic acids is 1. The van der Waals surface area contributed by atoms with Gasteiger partial charge in [0.15, 0.2) is 9.84 Å². The predicted molar refractivity (Wildman–Crippen MR) is 60.9 cm³/mol. The number of carboxylic acid groups (broad SMARTS) is 1. The Bertz CT molecular complexity index is 449. The van der Waals surface area contributed by atoms with E-state index in [1.54, 1.807) is 6.07 Å². The molecule has 0 fully saturated rings. The van der Waals surface area contributed by atoms with Gasteiger partial charge in [-0.15, -0.1) is 11.3 Å². The molecule has 0 aromatic carbocycles. The average Bonchev–Trinajstić information content (AvgIpc) is 2.51. The molecule has 0 atom stereocenters. The fourth-order valence-electron chi connectivity index (χ4n) is 0.979. The second kappa shape index (κ2) is 5.09. The maximum atomic E-state index is 11.6. The largest absolute Gasteiger partial charge is 0.481 e. The zero-order chi connectivity index (χ0) is 11.5. The number of rotatable bonds is 5. The van der Waals surface area contributed by atoms with Gasteiger partial charge < -0.3 is 5.11 Å². The number of hydrogen-bond acceptors (Lipinski definition) is 4. The van der Waals surface area contributed by atoms with Crippen LogP contribution >= 0.6 is 27.3 Å². The van der Waals surface area contributed by atoms with Gasteiger partial charge in [-0.3, -0.25) is 4.79 Å². The third-order valence-electron chi connectivity index (χ3n) is 1.66. The van der Waals surface area contributed by atoms with E-state index in [0.29, 0.717) is 0 Å². The predicted octanol–water partition coefficient (Wildman–Crippen LogP) is 2.15. The number of aliphatic carboxylic acids is 1. The second-order valence-electron chi connectivity index (χ2n) is 2.87. The molecule has 0 saturated carbocycles. The van der Waals surface area contributed by atoms with Crippen LogP contribution in [0.4, 0.5) is 0 Å². The van der Waals surface area contributed by atoms with Crippen LogP contribution in [-0.2, 0) is 14.6 Å². The van der Waals surface area contributed by atoms with E-state index in [0.717, 1.165) is 15.1 Å². The van der Waals surface area contributed by atoms with Gasteiger partial charge >= 0.3 is 5.97 Å². The number of halogens is 1. The first-order valence-corrected chi connectivity index (χ1v) is 7.38. The normalized spacial score (nSPS) is 11.5. The summed E-state index contributed by atoms with van der Waals surface area (Å²) in [7, 11) is -3.31. The van der Waals surface area contributed by atoms with Gasteiger partial charge in [0.2, 0.25) is 0 Å². The molecule has 4 nitrogen and oxygen atoms in total. The van der Waals surface area contributed by atoms with Crippen molar-refractivity contribution in [3.8, 4) is 0 Å². The van der Waals surface area contributed by atoms with Gasteiger partial charge in [0.05, 0.1) is 9.54 Å². The topological polar surface area (TPSA) is 71.4 Å². The molecule has 7 heteroatoms. The lowest BCUT2D eigenvalue weighted by atomic mass is 10.3. The molecule has 0 amide bonds. The molecular weight excluding hydrogens is 304 g/mol. The van der Waals surface area contributed by atoms with Crippen LogP contribution in [0, 0.1) is 0 Å². The summed E-state index contributed by atoms with van der Waals surface area (Å²) in [6, 6.07) is 3.18. The summed E-state index contributed by atoms with van der Waals surface area (Å²) < 4.78 is 24.3. The van der Waals surface area contributed by atoms with Crippen molar-refractivity contribution in [3.05, 3.63) is 15.9 Å². The van der Waals surface area contributed by atoms with Gasteiger partial charge in [0.25, 0.3) is 0 Å². The molecule has 1 N–H and O–H groups in total. The van der Waals surface area contributed by atoms with Crippen LogP contribution in [0.5, 0.6) is 0 Å². The Morgan fingerprint density at radius 1 is 1.47 bits per heavy atom. The molecule has 0 aliphatic rings. The first kappa shape index (κ1) is 12.7. The molecule has 1 rings (SSSR count). The summed E-state index contributed by atoms with van der Waals surface area (Å²) in [5, 5.41) is 8.39. The molecule has 0 aliphatic heterocycles. The summed E-state index contributed by atoms with van der Waals surface area (Å²) in [6.45, 7) is 0. The smallest absolute Gasteiger partial charge is 0.303 e. The molecule has 0 unspecified atom stereocenters. The van der Waals surface area contributed by atoms with Crippen LogP contribution in [-0.4, -0.2) is 25.2 Å². The van der Waals surface area contributed by atoms with E-state index in [1.165, 1.54) is 6.07 Å². The molecule has 15 heavy (non-hydrogen) atoms. The Labute approximate surface area is 100.0 Å². The molecule has 1 aromatic rings. The van der Waals surface area contributed by atoms with Crippen molar-refractivity contribution >= 4 is 43.1 Å². The van der Waals surface area contributed by atoms with Crippen molar-refractivity contribution in [2.45, 2.75) is 17.1 Å². The molecular formula is C8H9BrO4S2. The van der Waals surface area contributed by atoms with E-state index >= 15 is 0 Å². The van der Waals surface area contributed by atoms with Gasteiger partial charge in [0, 0.05) is 6.42 Å². The SMILES string of the molecule is O=C(O)CCCS(=O)(=O)c1ccc(Br)s1. The Morgan fingerprint density at radius 3 is 2.60 bits per heavy atom. The van der Waals surface area contributed by atoms with Crippen LogP contribution in [0.25, 0.3) is 0 Å². The van der Waals surface area contributed by atoms with Crippen LogP contribution < -0.4 is 0 Å². The van der Waals surface area contributed by atoms with E-state index in [4.69, 9.17) is 5.11 Å². The molecule has 0 bridgehead atoms.